The van der Waals surface area contributed by atoms with Gasteiger partial charge in [-0.05, 0) is 29.8 Å². The monoisotopic (exact) mass is 420 g/mol. The number of nitrogens with zero attached hydrogens (tertiary/aromatic N) is 2. The zero-order chi connectivity index (χ0) is 20.8. The molecule has 0 atom stereocenters. The number of fused-ring (bicyclic) bond motifs is 1. The van der Waals surface area contributed by atoms with Crippen LogP contribution in [0.25, 0.3) is 0 Å². The van der Waals surface area contributed by atoms with Crippen LogP contribution in [0, 0.1) is 0 Å². The lowest BCUT2D eigenvalue weighted by atomic mass is 10.2. The van der Waals surface area contributed by atoms with Crippen LogP contribution in [-0.2, 0) is 16.1 Å². The third kappa shape index (κ3) is 5.69. The summed E-state index contributed by atoms with van der Waals surface area (Å²) in [4.78, 5) is 29.4. The molecule has 0 spiro atoms. The number of rotatable bonds is 7. The van der Waals surface area contributed by atoms with E-state index in [0.717, 1.165) is 21.9 Å². The Morgan fingerprint density at radius 2 is 1.86 bits per heavy atom. The van der Waals surface area contributed by atoms with Crippen molar-refractivity contribution in [3.63, 3.8) is 0 Å². The van der Waals surface area contributed by atoms with Gasteiger partial charge in [-0.3, -0.25) is 9.59 Å². The highest BCUT2D eigenvalue weighted by molar-refractivity contribution is 7.99. The van der Waals surface area contributed by atoms with Crippen LogP contribution < -0.4 is 9.64 Å². The fraction of sp³-hybridized carbons (Fsp3) is 0.333. The summed E-state index contributed by atoms with van der Waals surface area (Å²) in [5.74, 6) is 0.698. The van der Waals surface area contributed by atoms with Crippen molar-refractivity contribution in [3.05, 3.63) is 54.1 Å². The number of carbonyl (C=O) groups excluding carboxylic acids is 2. The molecule has 1 aliphatic rings. The molecule has 0 N–H and O–H groups in total. The standard InChI is InChI=1S/C21H22F2N2O3S/c1-24(14-15-6-8-16(9-7-15)28-21(22)23)19(26)10-11-20(27)25-12-13-29-18-5-3-2-4-17(18)25/h2-9,21H,10-14H2,1H3. The second kappa shape index (κ2) is 9.73. The van der Waals surface area contributed by atoms with Gasteiger partial charge < -0.3 is 14.5 Å². The number of carbonyl (C=O) groups is 2. The Hall–Kier alpha value is -2.61. The van der Waals surface area contributed by atoms with Gasteiger partial charge in [0.05, 0.1) is 5.69 Å². The quantitative estimate of drug-likeness (QED) is 0.675. The predicted molar refractivity (Wildman–Crippen MR) is 108 cm³/mol. The molecule has 2 aromatic carbocycles. The van der Waals surface area contributed by atoms with Gasteiger partial charge in [0.1, 0.15) is 5.75 Å². The predicted octanol–water partition coefficient (Wildman–Crippen LogP) is 4.17. The summed E-state index contributed by atoms with van der Waals surface area (Å²) >= 11 is 1.72. The first-order valence-corrected chi connectivity index (χ1v) is 10.2. The highest BCUT2D eigenvalue weighted by Crippen LogP contribution is 2.34. The van der Waals surface area contributed by atoms with Gasteiger partial charge in [0.2, 0.25) is 11.8 Å². The lowest BCUT2D eigenvalue weighted by Crippen LogP contribution is -2.36. The first-order valence-electron chi connectivity index (χ1n) is 9.24. The smallest absolute Gasteiger partial charge is 0.387 e. The van der Waals surface area contributed by atoms with Gasteiger partial charge in [-0.2, -0.15) is 8.78 Å². The zero-order valence-electron chi connectivity index (χ0n) is 16.0. The Morgan fingerprint density at radius 3 is 2.59 bits per heavy atom. The van der Waals surface area contributed by atoms with Crippen LogP contribution in [0.1, 0.15) is 18.4 Å². The van der Waals surface area contributed by atoms with E-state index >= 15 is 0 Å². The molecule has 8 heteroatoms. The number of ether oxygens (including phenoxy) is 1. The van der Waals surface area contributed by atoms with Crippen molar-refractivity contribution in [2.75, 3.05) is 24.2 Å². The Labute approximate surface area is 172 Å². The van der Waals surface area contributed by atoms with Crippen molar-refractivity contribution >= 4 is 29.3 Å². The van der Waals surface area contributed by atoms with Gasteiger partial charge >= 0.3 is 6.61 Å². The maximum Gasteiger partial charge on any atom is 0.387 e. The van der Waals surface area contributed by atoms with E-state index in [4.69, 9.17) is 0 Å². The lowest BCUT2D eigenvalue weighted by molar-refractivity contribution is -0.132. The fourth-order valence-electron chi connectivity index (χ4n) is 3.11. The van der Waals surface area contributed by atoms with Gasteiger partial charge in [-0.25, -0.2) is 0 Å². The highest BCUT2D eigenvalue weighted by Gasteiger charge is 2.23. The van der Waals surface area contributed by atoms with Crippen LogP contribution >= 0.6 is 11.8 Å². The van der Waals surface area contributed by atoms with Crippen LogP contribution in [-0.4, -0.2) is 42.7 Å². The Bertz CT molecular complexity index is 861. The molecule has 0 unspecified atom stereocenters. The molecule has 1 aliphatic heterocycles. The summed E-state index contributed by atoms with van der Waals surface area (Å²) in [7, 11) is 1.66. The van der Waals surface area contributed by atoms with Crippen LogP contribution in [0.2, 0.25) is 0 Å². The average Bonchev–Trinajstić information content (AvgIpc) is 2.72. The van der Waals surface area contributed by atoms with Crippen molar-refractivity contribution in [2.45, 2.75) is 30.9 Å². The van der Waals surface area contributed by atoms with E-state index in [2.05, 4.69) is 4.74 Å². The van der Waals surface area contributed by atoms with Gasteiger partial charge in [0.25, 0.3) is 0 Å². The summed E-state index contributed by atoms with van der Waals surface area (Å²) in [6.07, 6.45) is 0.261. The van der Waals surface area contributed by atoms with E-state index in [1.165, 1.54) is 17.0 Å². The molecule has 0 fully saturated rings. The van der Waals surface area contributed by atoms with E-state index < -0.39 is 6.61 Å². The minimum Gasteiger partial charge on any atom is -0.435 e. The van der Waals surface area contributed by atoms with Crippen molar-refractivity contribution in [2.24, 2.45) is 0 Å². The lowest BCUT2D eigenvalue weighted by Gasteiger charge is -2.29. The first-order chi connectivity index (χ1) is 13.9. The number of halogens is 2. The number of alkyl halides is 2. The number of hydrogen-bond donors (Lipinski definition) is 0. The largest absolute Gasteiger partial charge is 0.435 e. The topological polar surface area (TPSA) is 49.9 Å². The molecule has 0 radical (unpaired) electrons. The average molecular weight is 420 g/mol. The van der Waals surface area contributed by atoms with Crippen molar-refractivity contribution in [1.29, 1.82) is 0 Å². The Balaban J connectivity index is 1.51. The minimum atomic E-state index is -2.87. The second-order valence-electron chi connectivity index (χ2n) is 6.63. The zero-order valence-corrected chi connectivity index (χ0v) is 16.8. The number of benzene rings is 2. The molecule has 0 aliphatic carbocycles. The normalized spacial score (nSPS) is 13.2. The van der Waals surface area contributed by atoms with E-state index in [9.17, 15) is 18.4 Å². The number of hydrogen-bond acceptors (Lipinski definition) is 4. The Morgan fingerprint density at radius 1 is 1.14 bits per heavy atom. The molecule has 5 nitrogen and oxygen atoms in total. The first kappa shape index (κ1) is 21.1. The summed E-state index contributed by atoms with van der Waals surface area (Å²) in [6, 6.07) is 13.9. The van der Waals surface area contributed by atoms with Crippen molar-refractivity contribution in [1.82, 2.24) is 4.90 Å². The molecule has 0 bridgehead atoms. The molecule has 3 rings (SSSR count). The summed E-state index contributed by atoms with van der Waals surface area (Å²) < 4.78 is 28.7. The molecule has 0 saturated heterocycles. The van der Waals surface area contributed by atoms with E-state index in [-0.39, 0.29) is 30.4 Å². The number of para-hydroxylation sites is 1. The number of anilines is 1. The van der Waals surface area contributed by atoms with Gasteiger partial charge in [-0.1, -0.05) is 24.3 Å². The Kier molecular flexibility index (Phi) is 7.09. The van der Waals surface area contributed by atoms with Crippen LogP contribution in [0.15, 0.2) is 53.4 Å². The number of thioether (sulfide) groups is 1. The molecule has 2 aromatic rings. The third-order valence-electron chi connectivity index (χ3n) is 4.58. The summed E-state index contributed by atoms with van der Waals surface area (Å²) in [6.45, 7) is -1.91. The fourth-order valence-corrected chi connectivity index (χ4v) is 4.10. The van der Waals surface area contributed by atoms with Gasteiger partial charge in [0.15, 0.2) is 0 Å². The molecule has 154 valence electrons. The summed E-state index contributed by atoms with van der Waals surface area (Å²) in [5, 5.41) is 0. The van der Waals surface area contributed by atoms with Gasteiger partial charge in [-0.15, -0.1) is 11.8 Å². The number of amides is 2. The molecular formula is C21H22F2N2O3S. The van der Waals surface area contributed by atoms with Crippen LogP contribution in [0.3, 0.4) is 0 Å². The molecule has 1 heterocycles. The molecule has 0 saturated carbocycles. The molecule has 0 aromatic heterocycles. The van der Waals surface area contributed by atoms with Crippen molar-refractivity contribution in [3.8, 4) is 5.75 Å². The van der Waals surface area contributed by atoms with Gasteiger partial charge in [0, 0.05) is 43.6 Å². The summed E-state index contributed by atoms with van der Waals surface area (Å²) in [5.41, 5.74) is 1.69. The van der Waals surface area contributed by atoms with Crippen molar-refractivity contribution < 1.29 is 23.1 Å². The maximum atomic E-state index is 12.6. The highest BCUT2D eigenvalue weighted by atomic mass is 32.2. The second-order valence-corrected chi connectivity index (χ2v) is 7.77. The van der Waals surface area contributed by atoms with Crippen LogP contribution in [0.5, 0.6) is 5.75 Å². The molecule has 29 heavy (non-hydrogen) atoms. The van der Waals surface area contributed by atoms with Crippen LogP contribution in [0.4, 0.5) is 14.5 Å². The van der Waals surface area contributed by atoms with E-state index in [1.807, 2.05) is 24.3 Å². The maximum absolute atomic E-state index is 12.6. The van der Waals surface area contributed by atoms with E-state index in [1.54, 1.807) is 35.8 Å². The van der Waals surface area contributed by atoms with E-state index in [0.29, 0.717) is 13.1 Å². The SMILES string of the molecule is CN(Cc1ccc(OC(F)F)cc1)C(=O)CCC(=O)N1CCSc2ccccc21. The third-order valence-corrected chi connectivity index (χ3v) is 5.62. The minimum absolute atomic E-state index is 0.0620. The molecular weight excluding hydrogens is 398 g/mol. The molecule has 2 amide bonds.